The first-order valence-corrected chi connectivity index (χ1v) is 41.2. The van der Waals surface area contributed by atoms with Crippen molar-refractivity contribution in [2.75, 3.05) is 47.5 Å². The van der Waals surface area contributed by atoms with Gasteiger partial charge in [0.25, 0.3) is 0 Å². The zero-order valence-corrected chi connectivity index (χ0v) is 64.0. The van der Waals surface area contributed by atoms with Gasteiger partial charge >= 0.3 is 11.9 Å². The Morgan fingerprint density at radius 2 is 0.594 bits per heavy atom. The number of unbranched alkanes of at least 4 members (excludes halogenated alkanes) is 48. The first-order valence-electron chi connectivity index (χ1n) is 41.2. The molecule has 0 aromatic carbocycles. The minimum absolute atomic E-state index is 0.145. The maximum atomic E-state index is 13.0. The number of ether oxygens (including phenoxy) is 4. The van der Waals surface area contributed by atoms with Gasteiger partial charge in [-0.05, 0) is 70.6 Å². The second kappa shape index (κ2) is 77.2. The Hall–Kier alpha value is -3.53. The quantitative estimate of drug-likeness (QED) is 0.0195. The number of rotatable bonds is 77. The molecule has 0 aromatic rings. The molecule has 2 unspecified atom stereocenters. The van der Waals surface area contributed by atoms with Crippen molar-refractivity contribution in [3.63, 3.8) is 0 Å². The van der Waals surface area contributed by atoms with Crippen molar-refractivity contribution in [3.05, 3.63) is 85.1 Å². The molecule has 0 amide bonds. The average molecular weight is 1350 g/mol. The van der Waals surface area contributed by atoms with Crippen molar-refractivity contribution in [3.8, 4) is 0 Å². The van der Waals surface area contributed by atoms with E-state index < -0.39 is 24.3 Å². The lowest BCUT2D eigenvalue weighted by atomic mass is 10.0. The second-order valence-electron chi connectivity index (χ2n) is 29.0. The molecule has 0 bridgehead atoms. The van der Waals surface area contributed by atoms with Crippen LogP contribution in [0.4, 0.5) is 0 Å². The first-order chi connectivity index (χ1) is 47.1. The van der Waals surface area contributed by atoms with E-state index in [2.05, 4.69) is 98.9 Å². The number of likely N-dealkylation sites (N-methyl/N-ethyl adjacent to an activating group) is 1. The lowest BCUT2D eigenvalue weighted by Crippen LogP contribution is -2.44. The maximum absolute atomic E-state index is 13.0. The van der Waals surface area contributed by atoms with Crippen LogP contribution < -0.4 is 5.11 Å². The zero-order chi connectivity index (χ0) is 69.7. The number of hydrogen-bond acceptors (Lipinski definition) is 8. The van der Waals surface area contributed by atoms with Crippen LogP contribution in [0.3, 0.4) is 0 Å². The number of carboxylic acids is 1. The summed E-state index contributed by atoms with van der Waals surface area (Å²) in [5.74, 6) is -2.27. The van der Waals surface area contributed by atoms with Gasteiger partial charge in [0, 0.05) is 12.8 Å². The number of carbonyl (C=O) groups is 3. The monoisotopic (exact) mass is 1340 g/mol. The zero-order valence-electron chi connectivity index (χ0n) is 64.0. The van der Waals surface area contributed by atoms with Crippen LogP contribution in [0.5, 0.6) is 0 Å². The molecule has 0 aliphatic carbocycles. The third-order valence-electron chi connectivity index (χ3n) is 18.4. The molecule has 0 radical (unpaired) electrons. The Kier molecular flexibility index (Phi) is 74.4. The molecule has 0 aromatic heterocycles. The SMILES string of the molecule is CC/C=C\C/C=C\C/C=C\C/C=C\C/C=C\C/C=C\C/C=C\CCCCCCCCCCCC(=O)OC(COC(=O)CCCCCCCCCCCCCCCCCCCCCCCCCCCCCCCCCCCCCCCCCC)COC(OCC[N+](C)(C)C)C(=O)[O-]. The van der Waals surface area contributed by atoms with E-state index in [1.807, 2.05) is 21.1 Å². The van der Waals surface area contributed by atoms with Crippen LogP contribution >= 0.6 is 0 Å². The van der Waals surface area contributed by atoms with Gasteiger partial charge in [-0.3, -0.25) is 9.59 Å². The van der Waals surface area contributed by atoms with E-state index in [0.717, 1.165) is 89.9 Å². The van der Waals surface area contributed by atoms with Crippen molar-refractivity contribution >= 4 is 17.9 Å². The van der Waals surface area contributed by atoms with Gasteiger partial charge < -0.3 is 33.3 Å². The molecular formula is C87H157NO8. The number of quaternary nitrogens is 1. The second-order valence-corrected chi connectivity index (χ2v) is 29.0. The first kappa shape index (κ1) is 92.5. The number of aliphatic carboxylic acids is 1. The predicted molar refractivity (Wildman–Crippen MR) is 412 cm³/mol. The van der Waals surface area contributed by atoms with Gasteiger partial charge in [0.15, 0.2) is 12.4 Å². The van der Waals surface area contributed by atoms with Crippen molar-refractivity contribution in [2.45, 2.75) is 405 Å². The summed E-state index contributed by atoms with van der Waals surface area (Å²) in [7, 11) is 5.94. The van der Waals surface area contributed by atoms with E-state index in [4.69, 9.17) is 18.9 Å². The summed E-state index contributed by atoms with van der Waals surface area (Å²) in [6.07, 6.45) is 103. The topological polar surface area (TPSA) is 111 Å². The summed E-state index contributed by atoms with van der Waals surface area (Å²) in [6.45, 7) is 4.68. The van der Waals surface area contributed by atoms with Gasteiger partial charge in [0.05, 0.1) is 40.3 Å². The van der Waals surface area contributed by atoms with E-state index in [-0.39, 0.29) is 32.2 Å². The van der Waals surface area contributed by atoms with Gasteiger partial charge in [0.1, 0.15) is 13.2 Å². The highest BCUT2D eigenvalue weighted by atomic mass is 16.7. The van der Waals surface area contributed by atoms with Crippen LogP contribution in [-0.4, -0.2) is 82.3 Å². The molecule has 0 aliphatic heterocycles. The smallest absolute Gasteiger partial charge is 0.306 e. The van der Waals surface area contributed by atoms with Crippen LogP contribution in [0.1, 0.15) is 393 Å². The molecule has 0 spiro atoms. The van der Waals surface area contributed by atoms with Crippen LogP contribution in [0.25, 0.3) is 0 Å². The average Bonchev–Trinajstić information content (AvgIpc) is 2.59. The van der Waals surface area contributed by atoms with Crippen LogP contribution in [0, 0.1) is 0 Å². The van der Waals surface area contributed by atoms with Crippen LogP contribution in [0.15, 0.2) is 85.1 Å². The Bertz CT molecular complexity index is 1860. The molecule has 0 saturated heterocycles. The highest BCUT2D eigenvalue weighted by molar-refractivity contribution is 5.70. The fraction of sp³-hybridized carbons (Fsp3) is 0.805. The number of carbonyl (C=O) groups excluding carboxylic acids is 3. The minimum Gasteiger partial charge on any atom is -0.545 e. The summed E-state index contributed by atoms with van der Waals surface area (Å²) in [6, 6.07) is 0. The van der Waals surface area contributed by atoms with Crippen LogP contribution in [0.2, 0.25) is 0 Å². The predicted octanol–water partition coefficient (Wildman–Crippen LogP) is 25.2. The Morgan fingerprint density at radius 3 is 0.885 bits per heavy atom. The van der Waals surface area contributed by atoms with Crippen LogP contribution in [-0.2, 0) is 33.3 Å². The third kappa shape index (κ3) is 77.8. The highest BCUT2D eigenvalue weighted by Crippen LogP contribution is 2.20. The molecule has 2 atom stereocenters. The number of hydrogen-bond donors (Lipinski definition) is 0. The van der Waals surface area contributed by atoms with E-state index in [1.54, 1.807) is 0 Å². The van der Waals surface area contributed by atoms with Gasteiger partial charge in [-0.25, -0.2) is 0 Å². The van der Waals surface area contributed by atoms with Crippen molar-refractivity contribution in [1.29, 1.82) is 0 Å². The molecule has 0 saturated carbocycles. The Balaban J connectivity index is 3.98. The molecule has 0 fully saturated rings. The maximum Gasteiger partial charge on any atom is 0.306 e. The fourth-order valence-corrected chi connectivity index (χ4v) is 12.2. The Morgan fingerprint density at radius 1 is 0.323 bits per heavy atom. The molecule has 9 nitrogen and oxygen atoms in total. The molecule has 0 aliphatic rings. The molecule has 558 valence electrons. The van der Waals surface area contributed by atoms with Gasteiger partial charge in [0.2, 0.25) is 0 Å². The number of nitrogens with zero attached hydrogens (tertiary/aromatic N) is 1. The number of esters is 2. The fourth-order valence-electron chi connectivity index (χ4n) is 12.2. The summed E-state index contributed by atoms with van der Waals surface area (Å²) in [4.78, 5) is 37.6. The minimum atomic E-state index is -1.63. The highest BCUT2D eigenvalue weighted by Gasteiger charge is 2.22. The lowest BCUT2D eigenvalue weighted by Gasteiger charge is -2.26. The van der Waals surface area contributed by atoms with E-state index in [9.17, 15) is 19.5 Å². The molecule has 0 heterocycles. The number of carboxylic acid groups (broad SMARTS) is 1. The molecule has 96 heavy (non-hydrogen) atoms. The summed E-state index contributed by atoms with van der Waals surface area (Å²) in [5.41, 5.74) is 0. The standard InChI is InChI=1S/C87H157NO8/c1-6-8-10-12-14-16-18-20-22-24-26-28-30-32-34-36-38-39-40-41-42-43-44-45-46-48-49-51-53-55-57-59-61-63-65-67-69-71-73-75-77-84(89)94-81-83(82-95-87(86(91)92)93-80-79-88(3,4)5)96-85(90)78-76-74-72-70-68-66-64-62-60-58-56-54-52-50-47-37-35-33-31-29-27-25-23-21-19-17-15-13-11-9-7-2/h9,11,15,17,21,23,27,29,33,35,47,50,54,56,83,87H,6-8,10,12-14,16,18-20,22,24-26,28,30-32,34,36-46,48-49,51-53,55,57-82H2,1-5H3/b11-9-,17-15-,23-21-,29-27-,35-33-,50-47-,56-54-. The summed E-state index contributed by atoms with van der Waals surface area (Å²) in [5, 5.41) is 11.9. The third-order valence-corrected chi connectivity index (χ3v) is 18.4. The van der Waals surface area contributed by atoms with Gasteiger partial charge in [-0.15, -0.1) is 0 Å². The van der Waals surface area contributed by atoms with Crippen molar-refractivity contribution < 1.29 is 42.9 Å². The van der Waals surface area contributed by atoms with E-state index >= 15 is 0 Å². The van der Waals surface area contributed by atoms with Crippen molar-refractivity contribution in [2.24, 2.45) is 0 Å². The normalized spacial score (nSPS) is 13.1. The molecule has 0 rings (SSSR count). The van der Waals surface area contributed by atoms with Gasteiger partial charge in [-0.1, -0.05) is 394 Å². The van der Waals surface area contributed by atoms with Gasteiger partial charge in [-0.2, -0.15) is 0 Å². The lowest BCUT2D eigenvalue weighted by molar-refractivity contribution is -0.870. The number of allylic oxidation sites excluding steroid dienone is 14. The molecule has 9 heteroatoms. The van der Waals surface area contributed by atoms with E-state index in [1.165, 1.54) is 270 Å². The molecule has 0 N–H and O–H groups in total. The summed E-state index contributed by atoms with van der Waals surface area (Å²) < 4.78 is 22.9. The largest absolute Gasteiger partial charge is 0.545 e. The Labute approximate surface area is 595 Å². The summed E-state index contributed by atoms with van der Waals surface area (Å²) >= 11 is 0. The molecular weight excluding hydrogens is 1190 g/mol. The van der Waals surface area contributed by atoms with Crippen molar-refractivity contribution in [1.82, 2.24) is 0 Å². The van der Waals surface area contributed by atoms with E-state index in [0.29, 0.717) is 23.9 Å².